The highest BCUT2D eigenvalue weighted by molar-refractivity contribution is 5.70. The number of benzene rings is 2. The number of carbonyl (C=O) groups is 1. The summed E-state index contributed by atoms with van der Waals surface area (Å²) in [6, 6.07) is 17.6. The molecule has 0 aliphatic carbocycles. The van der Waals surface area contributed by atoms with Gasteiger partial charge in [0.1, 0.15) is 24.8 Å². The van der Waals surface area contributed by atoms with Gasteiger partial charge in [-0.3, -0.25) is 4.79 Å². The number of hydrogen-bond donors (Lipinski definition) is 1. The van der Waals surface area contributed by atoms with Gasteiger partial charge in [0, 0.05) is 5.56 Å². The van der Waals surface area contributed by atoms with Gasteiger partial charge in [0.15, 0.2) is 0 Å². The van der Waals surface area contributed by atoms with Gasteiger partial charge in [0.2, 0.25) is 0 Å². The van der Waals surface area contributed by atoms with Crippen LogP contribution in [0, 0.1) is 0 Å². The van der Waals surface area contributed by atoms with Crippen LogP contribution in [0.2, 0.25) is 0 Å². The van der Waals surface area contributed by atoms with E-state index in [4.69, 9.17) is 9.47 Å². The lowest BCUT2D eigenvalue weighted by molar-refractivity contribution is -0.425. The molecule has 2 aromatic carbocycles. The highest BCUT2D eigenvalue weighted by atomic mass is 16.5. The van der Waals surface area contributed by atoms with Crippen molar-refractivity contribution in [1.29, 1.82) is 0 Å². The fourth-order valence-electron chi connectivity index (χ4n) is 2.14. The summed E-state index contributed by atoms with van der Waals surface area (Å²) in [6.07, 6.45) is 0.274. The van der Waals surface area contributed by atoms with E-state index >= 15 is 0 Å². The number of ether oxygens (including phenoxy) is 2. The van der Waals surface area contributed by atoms with Crippen molar-refractivity contribution in [2.24, 2.45) is 0 Å². The average molecular weight is 300 g/mol. The molecule has 0 spiro atoms. The van der Waals surface area contributed by atoms with Crippen molar-refractivity contribution in [3.63, 3.8) is 0 Å². The SMILES string of the molecule is CCOC(=O)C[C@@H]([NH3+])c1cccc(OCc2ccccc2)c1. The Hall–Kier alpha value is -2.33. The van der Waals surface area contributed by atoms with Crippen molar-refractivity contribution in [3.8, 4) is 5.75 Å². The van der Waals surface area contributed by atoms with Crippen molar-refractivity contribution in [2.45, 2.75) is 26.0 Å². The van der Waals surface area contributed by atoms with E-state index in [2.05, 4.69) is 5.73 Å². The Labute approximate surface area is 130 Å². The largest absolute Gasteiger partial charge is 0.489 e. The van der Waals surface area contributed by atoms with E-state index in [-0.39, 0.29) is 18.4 Å². The van der Waals surface area contributed by atoms with E-state index in [0.29, 0.717) is 13.2 Å². The Balaban J connectivity index is 1.95. The Morgan fingerprint density at radius 3 is 2.64 bits per heavy atom. The third-order valence-electron chi connectivity index (χ3n) is 3.30. The minimum Gasteiger partial charge on any atom is -0.489 e. The van der Waals surface area contributed by atoms with E-state index in [9.17, 15) is 4.79 Å². The molecule has 0 saturated heterocycles. The predicted octanol–water partition coefficient (Wildman–Crippen LogP) is 2.50. The molecule has 0 radical (unpaired) electrons. The second kappa shape index (κ2) is 8.20. The lowest BCUT2D eigenvalue weighted by Crippen LogP contribution is -2.54. The monoisotopic (exact) mass is 300 g/mol. The third-order valence-corrected chi connectivity index (χ3v) is 3.30. The summed E-state index contributed by atoms with van der Waals surface area (Å²) in [5, 5.41) is 0. The number of carbonyl (C=O) groups excluding carboxylic acids is 1. The molecule has 0 aliphatic heterocycles. The Morgan fingerprint density at radius 2 is 1.91 bits per heavy atom. The second-order valence-electron chi connectivity index (χ2n) is 5.05. The molecule has 116 valence electrons. The Bertz CT molecular complexity index is 598. The van der Waals surface area contributed by atoms with Crippen molar-refractivity contribution < 1.29 is 20.0 Å². The first-order valence-electron chi connectivity index (χ1n) is 7.44. The van der Waals surface area contributed by atoms with Crippen LogP contribution in [0.15, 0.2) is 54.6 Å². The zero-order chi connectivity index (χ0) is 15.8. The minimum absolute atomic E-state index is 0.140. The average Bonchev–Trinajstić information content (AvgIpc) is 2.54. The quantitative estimate of drug-likeness (QED) is 0.799. The van der Waals surface area contributed by atoms with Crippen molar-refractivity contribution in [2.75, 3.05) is 6.61 Å². The van der Waals surface area contributed by atoms with Crippen molar-refractivity contribution >= 4 is 5.97 Å². The molecule has 0 aliphatic rings. The molecule has 0 saturated carbocycles. The van der Waals surface area contributed by atoms with E-state index < -0.39 is 0 Å². The van der Waals surface area contributed by atoms with E-state index in [1.807, 2.05) is 54.6 Å². The van der Waals surface area contributed by atoms with Gasteiger partial charge < -0.3 is 15.2 Å². The molecule has 3 N–H and O–H groups in total. The topological polar surface area (TPSA) is 63.2 Å². The van der Waals surface area contributed by atoms with E-state index in [1.165, 1.54) is 0 Å². The highest BCUT2D eigenvalue weighted by Crippen LogP contribution is 2.20. The van der Waals surface area contributed by atoms with Crippen LogP contribution >= 0.6 is 0 Å². The van der Waals surface area contributed by atoms with Gasteiger partial charge in [-0.25, -0.2) is 0 Å². The van der Waals surface area contributed by atoms with Crippen LogP contribution in [0.1, 0.15) is 30.5 Å². The maximum Gasteiger partial charge on any atom is 0.312 e. The fraction of sp³-hybridized carbons (Fsp3) is 0.278. The molecule has 0 heterocycles. The van der Waals surface area contributed by atoms with Crippen molar-refractivity contribution in [3.05, 3.63) is 65.7 Å². The molecule has 0 aromatic heterocycles. The molecule has 4 heteroatoms. The minimum atomic E-state index is -0.224. The zero-order valence-corrected chi connectivity index (χ0v) is 12.8. The van der Waals surface area contributed by atoms with Crippen LogP contribution in [0.4, 0.5) is 0 Å². The van der Waals surface area contributed by atoms with Gasteiger partial charge in [-0.15, -0.1) is 0 Å². The molecule has 0 amide bonds. The molecular formula is C18H22NO3+. The summed E-state index contributed by atoms with van der Waals surface area (Å²) >= 11 is 0. The van der Waals surface area contributed by atoms with Gasteiger partial charge >= 0.3 is 5.97 Å². The van der Waals surface area contributed by atoms with Gasteiger partial charge in [-0.05, 0) is 24.6 Å². The number of quaternary nitrogens is 1. The normalized spacial score (nSPS) is 11.7. The Morgan fingerprint density at radius 1 is 1.14 bits per heavy atom. The number of hydrogen-bond acceptors (Lipinski definition) is 3. The van der Waals surface area contributed by atoms with Gasteiger partial charge in [0.25, 0.3) is 0 Å². The molecule has 1 atom stereocenters. The Kier molecular flexibility index (Phi) is 5.98. The molecular weight excluding hydrogens is 278 g/mol. The fourth-order valence-corrected chi connectivity index (χ4v) is 2.14. The molecule has 4 nitrogen and oxygen atoms in total. The van der Waals surface area contributed by atoms with E-state index in [0.717, 1.165) is 16.9 Å². The zero-order valence-electron chi connectivity index (χ0n) is 12.8. The number of esters is 1. The first-order valence-corrected chi connectivity index (χ1v) is 7.44. The lowest BCUT2D eigenvalue weighted by atomic mass is 10.0. The van der Waals surface area contributed by atoms with Crippen LogP contribution in [-0.4, -0.2) is 12.6 Å². The van der Waals surface area contributed by atoms with Crippen LogP contribution in [0.5, 0.6) is 5.75 Å². The summed E-state index contributed by atoms with van der Waals surface area (Å²) in [5.74, 6) is 0.553. The van der Waals surface area contributed by atoms with Crippen LogP contribution in [-0.2, 0) is 16.1 Å². The van der Waals surface area contributed by atoms with Gasteiger partial charge in [-0.1, -0.05) is 42.5 Å². The first-order chi connectivity index (χ1) is 10.7. The summed E-state index contributed by atoms with van der Waals surface area (Å²) in [7, 11) is 0. The summed E-state index contributed by atoms with van der Waals surface area (Å²) in [5.41, 5.74) is 6.12. The summed E-state index contributed by atoms with van der Waals surface area (Å²) < 4.78 is 10.8. The van der Waals surface area contributed by atoms with E-state index in [1.54, 1.807) is 6.92 Å². The summed E-state index contributed by atoms with van der Waals surface area (Å²) in [6.45, 7) is 2.71. The van der Waals surface area contributed by atoms with Crippen LogP contribution in [0.3, 0.4) is 0 Å². The van der Waals surface area contributed by atoms with Gasteiger partial charge in [-0.2, -0.15) is 0 Å². The second-order valence-corrected chi connectivity index (χ2v) is 5.05. The third kappa shape index (κ3) is 4.90. The first kappa shape index (κ1) is 16.0. The van der Waals surface area contributed by atoms with Crippen LogP contribution < -0.4 is 10.5 Å². The highest BCUT2D eigenvalue weighted by Gasteiger charge is 2.16. The van der Waals surface area contributed by atoms with Crippen molar-refractivity contribution in [1.82, 2.24) is 0 Å². The maximum atomic E-state index is 11.5. The van der Waals surface area contributed by atoms with Gasteiger partial charge in [0.05, 0.1) is 6.61 Å². The maximum absolute atomic E-state index is 11.5. The molecule has 2 rings (SSSR count). The predicted molar refractivity (Wildman–Crippen MR) is 84.1 cm³/mol. The number of rotatable bonds is 7. The molecule has 0 fully saturated rings. The van der Waals surface area contributed by atoms with Crippen LogP contribution in [0.25, 0.3) is 0 Å². The molecule has 22 heavy (non-hydrogen) atoms. The standard InChI is InChI=1S/C18H21NO3/c1-2-21-18(20)12-17(19)15-9-6-10-16(11-15)22-13-14-7-4-3-5-8-14/h3-11,17H,2,12-13,19H2,1H3/p+1/t17-/m1/s1. The lowest BCUT2D eigenvalue weighted by Gasteiger charge is -2.11. The molecule has 2 aromatic rings. The molecule has 0 unspecified atom stereocenters. The summed E-state index contributed by atoms with van der Waals surface area (Å²) in [4.78, 5) is 11.5. The molecule has 0 bridgehead atoms. The smallest absolute Gasteiger partial charge is 0.312 e.